The molecular formula is C31H31ClN4O7S. The number of fused-ring (bicyclic) bond motifs is 1. The molecule has 0 saturated carbocycles. The van der Waals surface area contributed by atoms with Crippen molar-refractivity contribution in [3.05, 3.63) is 119 Å². The molecule has 2 heterocycles. The number of carbonyl (C=O) groups excluding carboxylic acids is 4. The van der Waals surface area contributed by atoms with E-state index < -0.39 is 47.1 Å². The molecule has 0 aromatic heterocycles. The number of hydrogen-bond donors (Lipinski definition) is 3. The molecule has 0 bridgehead atoms. The average Bonchev–Trinajstić information content (AvgIpc) is 3.05. The summed E-state index contributed by atoms with van der Waals surface area (Å²) in [6.07, 6.45) is -1.84. The third-order valence-electron chi connectivity index (χ3n) is 7.19. The molecular weight excluding hydrogens is 608 g/mol. The van der Waals surface area contributed by atoms with Gasteiger partial charge in [0, 0.05) is 18.4 Å². The van der Waals surface area contributed by atoms with Crippen LogP contribution in [0.3, 0.4) is 0 Å². The Labute approximate surface area is 264 Å². The summed E-state index contributed by atoms with van der Waals surface area (Å²) in [6.45, 7) is -0.337. The van der Waals surface area contributed by atoms with Crippen molar-refractivity contribution in [2.75, 3.05) is 19.5 Å². The van der Waals surface area contributed by atoms with Crippen molar-refractivity contribution in [3.8, 4) is 0 Å². The van der Waals surface area contributed by atoms with Crippen molar-refractivity contribution in [3.63, 3.8) is 0 Å². The molecule has 1 unspecified atom stereocenters. The number of nitrogens with zero attached hydrogens (tertiary/aromatic N) is 1. The Hall–Kier alpha value is -4.36. The van der Waals surface area contributed by atoms with Gasteiger partial charge in [-0.05, 0) is 16.7 Å². The summed E-state index contributed by atoms with van der Waals surface area (Å²) in [4.78, 5) is 53.6. The highest BCUT2D eigenvalue weighted by molar-refractivity contribution is 8.00. The van der Waals surface area contributed by atoms with E-state index in [-0.39, 0.29) is 30.5 Å². The fourth-order valence-electron chi connectivity index (χ4n) is 5.02. The summed E-state index contributed by atoms with van der Waals surface area (Å²) < 4.78 is 16.7. The lowest BCUT2D eigenvalue weighted by molar-refractivity contribution is -0.193. The molecule has 13 heteroatoms. The number of halogens is 1. The second-order valence-corrected chi connectivity index (χ2v) is 10.9. The van der Waals surface area contributed by atoms with Crippen LogP contribution < -0.4 is 16.8 Å². The molecule has 3 aromatic rings. The van der Waals surface area contributed by atoms with Gasteiger partial charge in [-0.3, -0.25) is 14.5 Å². The van der Waals surface area contributed by atoms with Gasteiger partial charge in [0.1, 0.15) is 23.7 Å². The molecule has 230 valence electrons. The Kier molecular flexibility index (Phi) is 10.3. The summed E-state index contributed by atoms with van der Waals surface area (Å²) in [7, 11) is 1.29. The SMILES string of the molecule is CO[C@@]1(NC(=O)C(N)c2ccccc2)C(=O)N2C(C(=O)OC(c3ccccc3)c3ccccc3)=C(COC(N)=O)CS[C@H]21.Cl. The highest BCUT2D eigenvalue weighted by Crippen LogP contribution is 2.47. The number of rotatable bonds is 10. The molecule has 0 spiro atoms. The molecule has 1 fully saturated rings. The monoisotopic (exact) mass is 638 g/mol. The number of benzene rings is 3. The van der Waals surface area contributed by atoms with Crippen LogP contribution in [-0.4, -0.2) is 59.3 Å². The van der Waals surface area contributed by atoms with Crippen molar-refractivity contribution >= 4 is 48.0 Å². The number of nitrogens with two attached hydrogens (primary N) is 2. The zero-order valence-electron chi connectivity index (χ0n) is 23.6. The second kappa shape index (κ2) is 14.0. The predicted octanol–water partition coefficient (Wildman–Crippen LogP) is 3.16. The molecule has 1 saturated heterocycles. The number of esters is 1. The van der Waals surface area contributed by atoms with Crippen LogP contribution >= 0.6 is 24.2 Å². The highest BCUT2D eigenvalue weighted by Gasteiger charge is 2.67. The fourth-order valence-corrected chi connectivity index (χ4v) is 6.44. The van der Waals surface area contributed by atoms with Crippen molar-refractivity contribution in [2.24, 2.45) is 11.5 Å². The van der Waals surface area contributed by atoms with Gasteiger partial charge in [0.2, 0.25) is 5.91 Å². The maximum atomic E-state index is 14.0. The Balaban J connectivity index is 0.00000442. The van der Waals surface area contributed by atoms with E-state index in [1.54, 1.807) is 30.3 Å². The first-order valence-electron chi connectivity index (χ1n) is 13.3. The first kappa shape index (κ1) is 32.6. The van der Waals surface area contributed by atoms with Crippen LogP contribution in [0.15, 0.2) is 102 Å². The number of thioether (sulfide) groups is 1. The Morgan fingerprint density at radius 2 is 1.48 bits per heavy atom. The first-order chi connectivity index (χ1) is 20.8. The normalized spacial score (nSPS) is 19.7. The number of β-lactam (4-membered cyclic amide) rings is 1. The van der Waals surface area contributed by atoms with E-state index in [0.29, 0.717) is 22.3 Å². The van der Waals surface area contributed by atoms with Crippen LogP contribution in [0.5, 0.6) is 0 Å². The number of primary amides is 1. The molecule has 5 rings (SSSR count). The molecule has 0 radical (unpaired) electrons. The predicted molar refractivity (Wildman–Crippen MR) is 165 cm³/mol. The molecule has 3 aromatic carbocycles. The minimum absolute atomic E-state index is 0. The van der Waals surface area contributed by atoms with Gasteiger partial charge in [0.25, 0.3) is 11.6 Å². The number of carbonyl (C=O) groups is 4. The van der Waals surface area contributed by atoms with Crippen LogP contribution in [-0.2, 0) is 28.6 Å². The highest BCUT2D eigenvalue weighted by atomic mass is 35.5. The summed E-state index contributed by atoms with van der Waals surface area (Å²) >= 11 is 1.22. The van der Waals surface area contributed by atoms with Gasteiger partial charge in [0.15, 0.2) is 6.10 Å². The minimum atomic E-state index is -1.80. The van der Waals surface area contributed by atoms with Crippen molar-refractivity contribution < 1.29 is 33.4 Å². The molecule has 5 N–H and O–H groups in total. The Morgan fingerprint density at radius 1 is 0.955 bits per heavy atom. The van der Waals surface area contributed by atoms with Gasteiger partial charge < -0.3 is 31.0 Å². The van der Waals surface area contributed by atoms with Crippen LogP contribution in [0.1, 0.15) is 28.8 Å². The third-order valence-corrected chi connectivity index (χ3v) is 8.57. The maximum Gasteiger partial charge on any atom is 0.404 e. The van der Waals surface area contributed by atoms with Crippen LogP contribution in [0.4, 0.5) is 4.79 Å². The zero-order valence-corrected chi connectivity index (χ0v) is 25.2. The number of amides is 3. The third kappa shape index (κ3) is 6.29. The van der Waals surface area contributed by atoms with E-state index in [1.807, 2.05) is 60.7 Å². The lowest BCUT2D eigenvalue weighted by Gasteiger charge is -2.56. The van der Waals surface area contributed by atoms with Gasteiger partial charge >= 0.3 is 12.1 Å². The Morgan fingerprint density at radius 3 is 1.98 bits per heavy atom. The fraction of sp³-hybridized carbons (Fsp3) is 0.226. The molecule has 2 aliphatic heterocycles. The van der Waals surface area contributed by atoms with Gasteiger partial charge in [-0.1, -0.05) is 91.0 Å². The van der Waals surface area contributed by atoms with Gasteiger partial charge in [-0.2, -0.15) is 0 Å². The van der Waals surface area contributed by atoms with E-state index in [0.717, 1.165) is 0 Å². The van der Waals surface area contributed by atoms with Crippen LogP contribution in [0, 0.1) is 0 Å². The smallest absolute Gasteiger partial charge is 0.404 e. The molecule has 0 aliphatic carbocycles. The maximum absolute atomic E-state index is 14.0. The summed E-state index contributed by atoms with van der Waals surface area (Å²) in [5.74, 6) is -2.01. The van der Waals surface area contributed by atoms with E-state index in [2.05, 4.69) is 5.32 Å². The van der Waals surface area contributed by atoms with Gasteiger partial charge in [-0.15, -0.1) is 24.2 Å². The Bertz CT molecular complexity index is 1500. The quantitative estimate of drug-likeness (QED) is 0.172. The molecule has 3 atom stereocenters. The molecule has 2 aliphatic rings. The van der Waals surface area contributed by atoms with Crippen molar-refractivity contribution in [1.29, 1.82) is 0 Å². The lowest BCUT2D eigenvalue weighted by Crippen LogP contribution is -2.81. The van der Waals surface area contributed by atoms with Crippen LogP contribution in [0.2, 0.25) is 0 Å². The number of ether oxygens (including phenoxy) is 3. The summed E-state index contributed by atoms with van der Waals surface area (Å²) in [5, 5.41) is 1.82. The molecule has 44 heavy (non-hydrogen) atoms. The largest absolute Gasteiger partial charge is 0.448 e. The minimum Gasteiger partial charge on any atom is -0.448 e. The molecule has 11 nitrogen and oxygen atoms in total. The summed E-state index contributed by atoms with van der Waals surface area (Å²) in [6, 6.07) is 25.9. The topological polar surface area (TPSA) is 163 Å². The average molecular weight is 639 g/mol. The van der Waals surface area contributed by atoms with Gasteiger partial charge in [-0.25, -0.2) is 9.59 Å². The van der Waals surface area contributed by atoms with E-state index in [9.17, 15) is 19.2 Å². The standard InChI is InChI=1S/C31H30N4O7S.ClH/c1-40-31(34-26(36)23(32)19-11-5-2-6-12-19)28(38)35-24(22(17-41-30(33)39)18-43-29(31)35)27(37)42-25(20-13-7-3-8-14-20)21-15-9-4-10-16-21;/h2-16,23,25,29H,17-18,32H2,1H3,(H2,33,39)(H,34,36);1H/t23?,29-,31-;/m0./s1. The lowest BCUT2D eigenvalue weighted by atomic mass is 9.96. The summed E-state index contributed by atoms with van der Waals surface area (Å²) in [5.41, 5.74) is 11.8. The van der Waals surface area contributed by atoms with Gasteiger partial charge in [0.05, 0.1) is 0 Å². The second-order valence-electron chi connectivity index (χ2n) is 9.82. The number of methoxy groups -OCH3 is 1. The van der Waals surface area contributed by atoms with Crippen molar-refractivity contribution in [1.82, 2.24) is 10.2 Å². The number of hydrogen-bond acceptors (Lipinski definition) is 9. The van der Waals surface area contributed by atoms with Crippen molar-refractivity contribution in [2.45, 2.75) is 23.2 Å². The van der Waals surface area contributed by atoms with E-state index in [4.69, 9.17) is 25.7 Å². The van der Waals surface area contributed by atoms with E-state index in [1.165, 1.54) is 23.8 Å². The van der Waals surface area contributed by atoms with Crippen LogP contribution in [0.25, 0.3) is 0 Å². The first-order valence-corrected chi connectivity index (χ1v) is 14.4. The zero-order chi connectivity index (χ0) is 30.6. The molecule has 3 amide bonds. The van der Waals surface area contributed by atoms with E-state index >= 15 is 0 Å². The number of nitrogens with one attached hydrogen (secondary N) is 1.